The molecular weight excluding hydrogens is 308 g/mol. The van der Waals surface area contributed by atoms with Crippen LogP contribution in [0.3, 0.4) is 0 Å². The number of carboxylic acid groups (broad SMARTS) is 1. The van der Waals surface area contributed by atoms with E-state index in [4.69, 9.17) is 5.11 Å². The molecule has 0 saturated carbocycles. The van der Waals surface area contributed by atoms with Crippen molar-refractivity contribution in [3.63, 3.8) is 0 Å². The van der Waals surface area contributed by atoms with Gasteiger partial charge in [0, 0.05) is 10.0 Å². The molecule has 0 spiro atoms. The van der Waals surface area contributed by atoms with Gasteiger partial charge < -0.3 is 5.11 Å². The fourth-order valence-corrected chi connectivity index (χ4v) is 2.47. The van der Waals surface area contributed by atoms with Gasteiger partial charge >= 0.3 is 5.97 Å². The van der Waals surface area contributed by atoms with E-state index in [0.717, 1.165) is 11.1 Å². The second-order valence-corrected chi connectivity index (χ2v) is 4.90. The summed E-state index contributed by atoms with van der Waals surface area (Å²) >= 11 is 3.32. The lowest BCUT2D eigenvalue weighted by molar-refractivity contribution is 0.0695. The first-order chi connectivity index (χ1) is 9.00. The molecule has 2 aromatic rings. The Labute approximate surface area is 119 Å². The third-order valence-electron chi connectivity index (χ3n) is 2.83. The van der Waals surface area contributed by atoms with Crippen LogP contribution < -0.4 is 0 Å². The van der Waals surface area contributed by atoms with E-state index in [0.29, 0.717) is 10.0 Å². The third-order valence-corrected chi connectivity index (χ3v) is 3.69. The summed E-state index contributed by atoms with van der Waals surface area (Å²) in [6.07, 6.45) is 0. The van der Waals surface area contributed by atoms with E-state index in [1.165, 1.54) is 6.92 Å². The zero-order chi connectivity index (χ0) is 14.0. The third kappa shape index (κ3) is 2.74. The number of hydrogen-bond donors (Lipinski definition) is 1. The second-order valence-electron chi connectivity index (χ2n) is 4.11. The van der Waals surface area contributed by atoms with Crippen LogP contribution >= 0.6 is 15.9 Å². The smallest absolute Gasteiger partial charge is 0.336 e. The summed E-state index contributed by atoms with van der Waals surface area (Å²) < 4.78 is 0.540. The summed E-state index contributed by atoms with van der Waals surface area (Å²) in [7, 11) is 0. The number of benzene rings is 2. The minimum Gasteiger partial charge on any atom is -0.478 e. The highest BCUT2D eigenvalue weighted by Crippen LogP contribution is 2.31. The van der Waals surface area contributed by atoms with Crippen molar-refractivity contribution in [3.8, 4) is 11.1 Å². The molecule has 0 bridgehead atoms. The molecule has 19 heavy (non-hydrogen) atoms. The molecule has 0 aromatic heterocycles. The SMILES string of the molecule is CC(=O)c1ccc(-c2cccc(C(=O)O)c2Br)cc1. The average Bonchev–Trinajstić information content (AvgIpc) is 2.38. The van der Waals surface area contributed by atoms with Crippen molar-refractivity contribution in [3.05, 3.63) is 58.1 Å². The van der Waals surface area contributed by atoms with Gasteiger partial charge in [-0.3, -0.25) is 4.79 Å². The lowest BCUT2D eigenvalue weighted by Gasteiger charge is -2.08. The molecule has 0 heterocycles. The summed E-state index contributed by atoms with van der Waals surface area (Å²) in [5, 5.41) is 9.08. The van der Waals surface area contributed by atoms with Crippen LogP contribution in [-0.4, -0.2) is 16.9 Å². The number of carbonyl (C=O) groups excluding carboxylic acids is 1. The van der Waals surface area contributed by atoms with Crippen LogP contribution in [-0.2, 0) is 0 Å². The molecule has 96 valence electrons. The normalized spacial score (nSPS) is 10.2. The summed E-state index contributed by atoms with van der Waals surface area (Å²) in [5.41, 5.74) is 2.50. The minimum absolute atomic E-state index is 0.00454. The van der Waals surface area contributed by atoms with Gasteiger partial charge in [-0.15, -0.1) is 0 Å². The number of hydrogen-bond acceptors (Lipinski definition) is 2. The first-order valence-electron chi connectivity index (χ1n) is 5.64. The Morgan fingerprint density at radius 3 is 2.21 bits per heavy atom. The maximum absolute atomic E-state index is 11.2. The summed E-state index contributed by atoms with van der Waals surface area (Å²) in [5.74, 6) is -0.973. The van der Waals surface area contributed by atoms with Gasteiger partial charge in [0.05, 0.1) is 5.56 Å². The molecule has 0 unspecified atom stereocenters. The minimum atomic E-state index is -0.978. The molecule has 0 radical (unpaired) electrons. The van der Waals surface area contributed by atoms with Gasteiger partial charge in [0.1, 0.15) is 0 Å². The standard InChI is InChI=1S/C15H11BrO3/c1-9(17)10-5-7-11(8-6-10)12-3-2-4-13(14(12)16)15(18)19/h2-8H,1H3,(H,18,19). The van der Waals surface area contributed by atoms with Crippen molar-refractivity contribution in [1.82, 2.24) is 0 Å². The maximum atomic E-state index is 11.2. The quantitative estimate of drug-likeness (QED) is 0.870. The van der Waals surface area contributed by atoms with E-state index in [9.17, 15) is 9.59 Å². The lowest BCUT2D eigenvalue weighted by Crippen LogP contribution is -1.98. The molecule has 0 fully saturated rings. The van der Waals surface area contributed by atoms with Gasteiger partial charge in [0.2, 0.25) is 0 Å². The van der Waals surface area contributed by atoms with Crippen molar-refractivity contribution >= 4 is 27.7 Å². The first kappa shape index (κ1) is 13.5. The Kier molecular flexibility index (Phi) is 3.81. The number of carboxylic acids is 1. The van der Waals surface area contributed by atoms with Crippen LogP contribution in [0.2, 0.25) is 0 Å². The van der Waals surface area contributed by atoms with Crippen molar-refractivity contribution in [2.45, 2.75) is 6.92 Å². The van der Waals surface area contributed by atoms with Gasteiger partial charge in [-0.1, -0.05) is 36.4 Å². The lowest BCUT2D eigenvalue weighted by atomic mass is 10.0. The number of carbonyl (C=O) groups is 2. The molecule has 3 nitrogen and oxygen atoms in total. The molecule has 2 rings (SSSR count). The predicted octanol–water partition coefficient (Wildman–Crippen LogP) is 4.02. The highest BCUT2D eigenvalue weighted by molar-refractivity contribution is 9.10. The molecule has 0 atom stereocenters. The second kappa shape index (κ2) is 5.36. The van der Waals surface area contributed by atoms with Crippen LogP contribution in [0.4, 0.5) is 0 Å². The van der Waals surface area contributed by atoms with Crippen molar-refractivity contribution in [2.24, 2.45) is 0 Å². The van der Waals surface area contributed by atoms with E-state index in [2.05, 4.69) is 15.9 Å². The number of ketones is 1. The van der Waals surface area contributed by atoms with E-state index in [-0.39, 0.29) is 11.3 Å². The van der Waals surface area contributed by atoms with Gasteiger partial charge in [-0.25, -0.2) is 4.79 Å². The van der Waals surface area contributed by atoms with E-state index in [1.54, 1.807) is 24.3 Å². The molecule has 2 aromatic carbocycles. The fraction of sp³-hybridized carbons (Fsp3) is 0.0667. The highest BCUT2D eigenvalue weighted by atomic mass is 79.9. The van der Waals surface area contributed by atoms with Crippen LogP contribution in [0, 0.1) is 0 Å². The summed E-state index contributed by atoms with van der Waals surface area (Å²) in [6.45, 7) is 1.51. The monoisotopic (exact) mass is 318 g/mol. The van der Waals surface area contributed by atoms with E-state index < -0.39 is 5.97 Å². The summed E-state index contributed by atoms with van der Waals surface area (Å²) in [6, 6.07) is 12.2. The maximum Gasteiger partial charge on any atom is 0.336 e. The van der Waals surface area contributed by atoms with Crippen molar-refractivity contribution < 1.29 is 14.7 Å². The van der Waals surface area contributed by atoms with Crippen LogP contribution in [0.5, 0.6) is 0 Å². The molecule has 0 aliphatic rings. The van der Waals surface area contributed by atoms with Crippen LogP contribution in [0.15, 0.2) is 46.9 Å². The zero-order valence-corrected chi connectivity index (χ0v) is 11.8. The van der Waals surface area contributed by atoms with E-state index >= 15 is 0 Å². The Morgan fingerprint density at radius 1 is 1.05 bits per heavy atom. The summed E-state index contributed by atoms with van der Waals surface area (Å²) in [4.78, 5) is 22.3. The Bertz CT molecular complexity index is 645. The van der Waals surface area contributed by atoms with Gasteiger partial charge in [0.25, 0.3) is 0 Å². The van der Waals surface area contributed by atoms with Gasteiger partial charge in [-0.2, -0.15) is 0 Å². The van der Waals surface area contributed by atoms with Crippen LogP contribution in [0.1, 0.15) is 27.6 Å². The Hall–Kier alpha value is -1.94. The number of Topliss-reactive ketones (excluding diaryl/α,β-unsaturated/α-hetero) is 1. The topological polar surface area (TPSA) is 54.4 Å². The highest BCUT2D eigenvalue weighted by Gasteiger charge is 2.12. The fourth-order valence-electron chi connectivity index (χ4n) is 1.80. The molecule has 0 aliphatic carbocycles. The van der Waals surface area contributed by atoms with Crippen molar-refractivity contribution in [2.75, 3.05) is 0 Å². The molecule has 0 saturated heterocycles. The first-order valence-corrected chi connectivity index (χ1v) is 6.43. The molecule has 4 heteroatoms. The Balaban J connectivity index is 2.50. The molecule has 0 amide bonds. The predicted molar refractivity (Wildman–Crippen MR) is 76.5 cm³/mol. The zero-order valence-electron chi connectivity index (χ0n) is 10.2. The van der Waals surface area contributed by atoms with E-state index in [1.807, 2.05) is 18.2 Å². The molecular formula is C15H11BrO3. The van der Waals surface area contributed by atoms with Crippen molar-refractivity contribution in [1.29, 1.82) is 0 Å². The average molecular weight is 319 g/mol. The molecule has 1 N–H and O–H groups in total. The van der Waals surface area contributed by atoms with Gasteiger partial charge in [-0.05, 0) is 40.0 Å². The Morgan fingerprint density at radius 2 is 1.68 bits per heavy atom. The number of halogens is 1. The largest absolute Gasteiger partial charge is 0.478 e. The van der Waals surface area contributed by atoms with Gasteiger partial charge in [0.15, 0.2) is 5.78 Å². The molecule has 0 aliphatic heterocycles. The number of rotatable bonds is 3. The number of aromatic carboxylic acids is 1. The van der Waals surface area contributed by atoms with Crippen LogP contribution in [0.25, 0.3) is 11.1 Å².